The molecule has 0 bridgehead atoms. The zero-order valence-electron chi connectivity index (χ0n) is 33.6. The van der Waals surface area contributed by atoms with E-state index in [1.165, 1.54) is 11.0 Å². The molecule has 0 aliphatic carbocycles. The number of anilines is 1. The van der Waals surface area contributed by atoms with Crippen molar-refractivity contribution in [2.75, 3.05) is 11.9 Å². The summed E-state index contributed by atoms with van der Waals surface area (Å²) in [6, 6.07) is 17.6. The third-order valence-corrected chi connectivity index (χ3v) is 11.2. The molecule has 2 aliphatic rings. The summed E-state index contributed by atoms with van der Waals surface area (Å²) in [4.78, 5) is 98.6. The van der Waals surface area contributed by atoms with Crippen molar-refractivity contribution in [2.45, 2.75) is 82.1 Å². The first-order valence-corrected chi connectivity index (χ1v) is 20.2. The second-order valence-electron chi connectivity index (χ2n) is 15.6. The van der Waals surface area contributed by atoms with Crippen LogP contribution < -0.4 is 37.9 Å². The van der Waals surface area contributed by atoms with E-state index >= 15 is 0 Å². The molecule has 7 rings (SSSR count). The van der Waals surface area contributed by atoms with E-state index in [1.807, 2.05) is 30.3 Å². The monoisotopic (exact) mass is 828 g/mol. The van der Waals surface area contributed by atoms with Crippen LogP contribution in [0.2, 0.25) is 0 Å². The summed E-state index contributed by atoms with van der Waals surface area (Å²) < 4.78 is 5.39. The Bertz CT molecular complexity index is 2570. The molecule has 5 aromatic rings. The quantitative estimate of drug-likeness (QED) is 0.0767. The Balaban J connectivity index is 1.13. The van der Waals surface area contributed by atoms with E-state index in [-0.39, 0.29) is 31.4 Å². The number of aryl methyl sites for hydroxylation is 1. The van der Waals surface area contributed by atoms with Crippen LogP contribution in [0.25, 0.3) is 21.9 Å². The zero-order valence-corrected chi connectivity index (χ0v) is 33.6. The first-order chi connectivity index (χ1) is 29.3. The summed E-state index contributed by atoms with van der Waals surface area (Å²) in [5, 5.41) is 15.8. The molecule has 2 saturated heterocycles. The number of rotatable bonds is 15. The molecule has 16 nitrogen and oxygen atoms in total. The smallest absolute Gasteiger partial charge is 0.336 e. The van der Waals surface area contributed by atoms with Crippen LogP contribution in [0, 0.1) is 6.92 Å². The molecule has 5 unspecified atom stereocenters. The number of aromatic amines is 1. The fraction of sp³-hybridized carbons (Fsp3) is 0.311. The van der Waals surface area contributed by atoms with Gasteiger partial charge in [-0.1, -0.05) is 55.1 Å². The van der Waals surface area contributed by atoms with Gasteiger partial charge < -0.3 is 46.6 Å². The van der Waals surface area contributed by atoms with Crippen molar-refractivity contribution in [3.05, 3.63) is 124 Å². The van der Waals surface area contributed by atoms with Gasteiger partial charge in [0.2, 0.25) is 35.4 Å². The van der Waals surface area contributed by atoms with Crippen molar-refractivity contribution >= 4 is 63.0 Å². The molecule has 0 saturated carbocycles. The van der Waals surface area contributed by atoms with Crippen molar-refractivity contribution in [2.24, 2.45) is 5.73 Å². The average Bonchev–Trinajstić information content (AvgIpc) is 4.00. The molecule has 3 aromatic carbocycles. The maximum absolute atomic E-state index is 14.5. The number of amides is 6. The maximum Gasteiger partial charge on any atom is 0.336 e. The van der Waals surface area contributed by atoms with Crippen molar-refractivity contribution in [1.82, 2.24) is 31.2 Å². The van der Waals surface area contributed by atoms with Crippen LogP contribution in [0.3, 0.4) is 0 Å². The number of benzene rings is 3. The molecule has 4 heterocycles. The van der Waals surface area contributed by atoms with Crippen molar-refractivity contribution in [3.63, 3.8) is 0 Å². The number of para-hydroxylation sites is 1. The number of carbonyl (C=O) groups excluding carboxylic acids is 6. The Morgan fingerprint density at radius 1 is 0.852 bits per heavy atom. The second-order valence-corrected chi connectivity index (χ2v) is 15.6. The summed E-state index contributed by atoms with van der Waals surface area (Å²) in [6.07, 6.45) is 3.17. The third kappa shape index (κ3) is 9.98. The molecule has 2 aromatic heterocycles. The number of hydrogen-bond donors (Lipinski definition) is 7. The van der Waals surface area contributed by atoms with Gasteiger partial charge in [-0.25, -0.2) is 4.79 Å². The van der Waals surface area contributed by atoms with Crippen molar-refractivity contribution in [3.8, 4) is 0 Å². The first-order valence-electron chi connectivity index (χ1n) is 20.2. The highest BCUT2D eigenvalue weighted by molar-refractivity contribution is 6.01. The fourth-order valence-corrected chi connectivity index (χ4v) is 8.04. The van der Waals surface area contributed by atoms with E-state index in [9.17, 15) is 33.6 Å². The summed E-state index contributed by atoms with van der Waals surface area (Å²) in [5.41, 5.74) is 9.30. The van der Waals surface area contributed by atoms with Crippen LogP contribution >= 0.6 is 0 Å². The lowest BCUT2D eigenvalue weighted by Crippen LogP contribution is -2.59. The Hall–Kier alpha value is -7.23. The first kappa shape index (κ1) is 41.9. The third-order valence-electron chi connectivity index (χ3n) is 11.2. The van der Waals surface area contributed by atoms with Crippen LogP contribution in [0.1, 0.15) is 48.8 Å². The number of nitrogens with one attached hydrogen (secondary N) is 6. The second kappa shape index (κ2) is 18.4. The Labute approximate surface area is 350 Å². The zero-order chi connectivity index (χ0) is 43.2. The van der Waals surface area contributed by atoms with Crippen LogP contribution in [-0.4, -0.2) is 82.1 Å². The molecule has 316 valence electrons. The lowest BCUT2D eigenvalue weighted by molar-refractivity contribution is -0.143. The minimum atomic E-state index is -1.32. The molecule has 16 heteroatoms. The van der Waals surface area contributed by atoms with Gasteiger partial charge in [-0.2, -0.15) is 0 Å². The number of primary amides is 1. The molecular formula is C45H48N8O8. The van der Waals surface area contributed by atoms with E-state index in [0.29, 0.717) is 41.6 Å². The summed E-state index contributed by atoms with van der Waals surface area (Å²) >= 11 is 0. The van der Waals surface area contributed by atoms with Gasteiger partial charge in [-0.05, 0) is 67.5 Å². The molecule has 2 fully saturated rings. The number of aromatic nitrogens is 1. The lowest BCUT2D eigenvalue weighted by Gasteiger charge is -2.30. The number of nitrogens with two attached hydrogens (primary N) is 1. The number of nitrogens with zero attached hydrogens (tertiary/aromatic N) is 1. The average molecular weight is 829 g/mol. The predicted octanol–water partition coefficient (Wildman–Crippen LogP) is 2.59. The predicted molar refractivity (Wildman–Crippen MR) is 228 cm³/mol. The molecule has 2 aliphatic heterocycles. The summed E-state index contributed by atoms with van der Waals surface area (Å²) in [7, 11) is 0. The van der Waals surface area contributed by atoms with Gasteiger partial charge in [0.25, 0.3) is 0 Å². The van der Waals surface area contributed by atoms with Gasteiger partial charge in [0.05, 0.1) is 6.42 Å². The number of hydrogen-bond acceptors (Lipinski definition) is 9. The Kier molecular flexibility index (Phi) is 12.6. The van der Waals surface area contributed by atoms with Gasteiger partial charge in [0, 0.05) is 65.4 Å². The van der Waals surface area contributed by atoms with Crippen molar-refractivity contribution < 1.29 is 33.2 Å². The SMILES string of the molecule is C=C1CCC(C(=O)NC(CC(N)=O)C(=O)N2CCCC2C(=O)NC(Cc2ccccc2)C(=O)NC(Cc2c[nH]c3ccccc23)C(=O)Nc2ccc3c(C)cc(=O)oc3c2)N1. The molecule has 0 spiro atoms. The number of fused-ring (bicyclic) bond motifs is 2. The minimum Gasteiger partial charge on any atom is -0.423 e. The van der Waals surface area contributed by atoms with E-state index in [0.717, 1.165) is 22.0 Å². The van der Waals surface area contributed by atoms with Gasteiger partial charge in [-0.15, -0.1) is 0 Å². The molecule has 61 heavy (non-hydrogen) atoms. The topological polar surface area (TPSA) is 238 Å². The highest BCUT2D eigenvalue weighted by atomic mass is 16.4. The number of allylic oxidation sites excluding steroid dienone is 1. The van der Waals surface area contributed by atoms with Crippen LogP contribution in [-0.2, 0) is 41.6 Å². The van der Waals surface area contributed by atoms with Crippen LogP contribution in [0.5, 0.6) is 0 Å². The van der Waals surface area contributed by atoms with E-state index in [1.54, 1.807) is 55.6 Å². The van der Waals surface area contributed by atoms with Gasteiger partial charge in [0.1, 0.15) is 35.8 Å². The molecular weight excluding hydrogens is 781 g/mol. The summed E-state index contributed by atoms with van der Waals surface area (Å²) in [6.45, 7) is 5.79. The molecule has 8 N–H and O–H groups in total. The standard InChI is InChI=1S/C45H48N8O8/c1-25-19-40(55)61-38-22-29(15-16-30(25)38)49-42(57)35(21-28-24-47-32-12-7-6-11-31(28)32)50-43(58)34(20-27-9-4-3-5-10-27)51-44(59)37-13-8-18-53(37)45(60)36(23-39(46)54)52-41(56)33-17-14-26(2)48-33/h3-7,9-12,15-16,19,22,24,33-37,47-48H,2,8,13-14,17-18,20-21,23H2,1H3,(H2,46,54)(H,49,57)(H,50,58)(H,51,59)(H,52,56). The number of H-pyrrole nitrogens is 1. The maximum atomic E-state index is 14.5. The Morgan fingerprint density at radius 3 is 2.34 bits per heavy atom. The van der Waals surface area contributed by atoms with Crippen LogP contribution in [0.15, 0.2) is 107 Å². The van der Waals surface area contributed by atoms with E-state index in [4.69, 9.17) is 10.2 Å². The molecule has 0 radical (unpaired) electrons. The van der Waals surface area contributed by atoms with Gasteiger partial charge in [0.15, 0.2) is 0 Å². The van der Waals surface area contributed by atoms with Gasteiger partial charge >= 0.3 is 5.63 Å². The summed E-state index contributed by atoms with van der Waals surface area (Å²) in [5.74, 6) is -3.79. The van der Waals surface area contributed by atoms with Crippen LogP contribution in [0.4, 0.5) is 5.69 Å². The molecule has 6 amide bonds. The van der Waals surface area contributed by atoms with Gasteiger partial charge in [-0.3, -0.25) is 28.8 Å². The number of likely N-dealkylation sites (tertiary alicyclic amines) is 1. The highest BCUT2D eigenvalue weighted by Crippen LogP contribution is 2.24. The largest absolute Gasteiger partial charge is 0.423 e. The lowest BCUT2D eigenvalue weighted by atomic mass is 10.0. The Morgan fingerprint density at radius 2 is 1.59 bits per heavy atom. The fourth-order valence-electron chi connectivity index (χ4n) is 8.04. The van der Waals surface area contributed by atoms with E-state index < -0.39 is 77.7 Å². The number of carbonyl (C=O) groups is 6. The minimum absolute atomic E-state index is 0.0452. The highest BCUT2D eigenvalue weighted by Gasteiger charge is 2.40. The van der Waals surface area contributed by atoms with Crippen molar-refractivity contribution in [1.29, 1.82) is 0 Å². The molecule has 5 atom stereocenters. The van der Waals surface area contributed by atoms with E-state index in [2.05, 4.69) is 38.1 Å². The normalized spacial score (nSPS) is 17.6.